The number of rotatable bonds is 7. The van der Waals surface area contributed by atoms with Crippen molar-refractivity contribution in [3.8, 4) is 0 Å². The standard InChI is InChI=1S/C13H27NO4S/c1-12(2)5-7-13(15,8-6-12)11-14-19(16,17)10-4-9-18-3/h14-15H,4-11H2,1-3H3. The summed E-state index contributed by atoms with van der Waals surface area (Å²) in [5.74, 6) is 0.0441. The minimum atomic E-state index is -3.31. The zero-order valence-corrected chi connectivity index (χ0v) is 13.1. The quantitative estimate of drug-likeness (QED) is 0.693. The lowest BCUT2D eigenvalue weighted by molar-refractivity contribution is -0.0205. The van der Waals surface area contributed by atoms with Gasteiger partial charge in [0.05, 0.1) is 11.4 Å². The molecule has 0 spiro atoms. The molecule has 0 atom stereocenters. The Bertz CT molecular complexity index is 368. The Morgan fingerprint density at radius 3 is 2.32 bits per heavy atom. The molecule has 1 fully saturated rings. The molecule has 1 aliphatic carbocycles. The van der Waals surface area contributed by atoms with Crippen molar-refractivity contribution in [1.29, 1.82) is 0 Å². The summed E-state index contributed by atoms with van der Waals surface area (Å²) in [4.78, 5) is 0. The Balaban J connectivity index is 2.39. The molecule has 2 N–H and O–H groups in total. The molecule has 1 rings (SSSR count). The first kappa shape index (κ1) is 16.9. The van der Waals surface area contributed by atoms with Crippen LogP contribution in [0.15, 0.2) is 0 Å². The lowest BCUT2D eigenvalue weighted by atomic mass is 9.71. The highest BCUT2D eigenvalue weighted by Crippen LogP contribution is 2.39. The SMILES string of the molecule is COCCCS(=O)(=O)NCC1(O)CCC(C)(C)CC1. The van der Waals surface area contributed by atoms with Crippen LogP contribution in [0, 0.1) is 5.41 Å². The first-order valence-electron chi connectivity index (χ1n) is 6.87. The van der Waals surface area contributed by atoms with Gasteiger partial charge in [0, 0.05) is 20.3 Å². The summed E-state index contributed by atoms with van der Waals surface area (Å²) in [6.07, 6.45) is 3.63. The summed E-state index contributed by atoms with van der Waals surface area (Å²) in [6, 6.07) is 0. The maximum Gasteiger partial charge on any atom is 0.211 e. The Labute approximate surface area is 116 Å². The highest BCUT2D eigenvalue weighted by molar-refractivity contribution is 7.89. The summed E-state index contributed by atoms with van der Waals surface area (Å²) in [5.41, 5.74) is -0.632. The van der Waals surface area contributed by atoms with E-state index in [0.717, 1.165) is 12.8 Å². The van der Waals surface area contributed by atoms with Crippen LogP contribution < -0.4 is 4.72 Å². The average molecular weight is 293 g/mol. The van der Waals surface area contributed by atoms with Crippen LogP contribution in [0.5, 0.6) is 0 Å². The predicted octanol–water partition coefficient (Wildman–Crippen LogP) is 1.27. The van der Waals surface area contributed by atoms with Gasteiger partial charge in [-0.15, -0.1) is 0 Å². The largest absolute Gasteiger partial charge is 0.389 e. The molecule has 1 aliphatic rings. The van der Waals surface area contributed by atoms with Crippen LogP contribution in [0.1, 0.15) is 46.0 Å². The van der Waals surface area contributed by atoms with E-state index in [1.807, 2.05) is 0 Å². The predicted molar refractivity (Wildman–Crippen MR) is 75.5 cm³/mol. The third-order valence-electron chi connectivity index (χ3n) is 3.92. The van der Waals surface area contributed by atoms with Gasteiger partial charge in [-0.1, -0.05) is 13.8 Å². The smallest absolute Gasteiger partial charge is 0.211 e. The molecular formula is C13H27NO4S. The van der Waals surface area contributed by atoms with E-state index in [-0.39, 0.29) is 17.7 Å². The van der Waals surface area contributed by atoms with Crippen molar-refractivity contribution in [1.82, 2.24) is 4.72 Å². The van der Waals surface area contributed by atoms with E-state index in [0.29, 0.717) is 25.9 Å². The summed E-state index contributed by atoms with van der Waals surface area (Å²) >= 11 is 0. The molecule has 0 amide bonds. The number of hydrogen-bond acceptors (Lipinski definition) is 4. The zero-order valence-electron chi connectivity index (χ0n) is 12.2. The number of nitrogens with one attached hydrogen (secondary N) is 1. The molecule has 114 valence electrons. The molecule has 0 heterocycles. The molecule has 0 aromatic rings. The fraction of sp³-hybridized carbons (Fsp3) is 1.00. The molecule has 1 saturated carbocycles. The van der Waals surface area contributed by atoms with Crippen molar-refractivity contribution in [2.45, 2.75) is 51.6 Å². The fourth-order valence-corrected chi connectivity index (χ4v) is 3.41. The van der Waals surface area contributed by atoms with Gasteiger partial charge in [0.15, 0.2) is 0 Å². The first-order chi connectivity index (χ1) is 8.68. The second kappa shape index (κ2) is 6.52. The minimum Gasteiger partial charge on any atom is -0.389 e. The van der Waals surface area contributed by atoms with Gasteiger partial charge >= 0.3 is 0 Å². The minimum absolute atomic E-state index is 0.0441. The number of ether oxygens (including phenoxy) is 1. The maximum absolute atomic E-state index is 11.7. The van der Waals surface area contributed by atoms with Crippen molar-refractivity contribution < 1.29 is 18.3 Å². The van der Waals surface area contributed by atoms with Gasteiger partial charge in [0.2, 0.25) is 10.0 Å². The Morgan fingerprint density at radius 1 is 1.21 bits per heavy atom. The molecule has 0 aromatic heterocycles. The van der Waals surface area contributed by atoms with Gasteiger partial charge in [-0.2, -0.15) is 0 Å². The van der Waals surface area contributed by atoms with Crippen molar-refractivity contribution in [3.05, 3.63) is 0 Å². The molecule has 0 radical (unpaired) electrons. The Hall–Kier alpha value is -0.170. The van der Waals surface area contributed by atoms with Crippen LogP contribution >= 0.6 is 0 Å². The topological polar surface area (TPSA) is 75.6 Å². The third kappa shape index (κ3) is 6.21. The van der Waals surface area contributed by atoms with Crippen molar-refractivity contribution in [2.24, 2.45) is 5.41 Å². The van der Waals surface area contributed by atoms with Crippen molar-refractivity contribution in [2.75, 3.05) is 26.0 Å². The third-order valence-corrected chi connectivity index (χ3v) is 5.33. The van der Waals surface area contributed by atoms with Crippen LogP contribution in [0.2, 0.25) is 0 Å². The van der Waals surface area contributed by atoms with E-state index in [2.05, 4.69) is 18.6 Å². The lowest BCUT2D eigenvalue weighted by Crippen LogP contribution is -2.47. The normalized spacial score (nSPS) is 22.3. The fourth-order valence-electron chi connectivity index (χ4n) is 2.28. The van der Waals surface area contributed by atoms with Crippen LogP contribution in [-0.4, -0.2) is 45.1 Å². The van der Waals surface area contributed by atoms with Gasteiger partial charge in [0.1, 0.15) is 0 Å². The number of hydrogen-bond donors (Lipinski definition) is 2. The van der Waals surface area contributed by atoms with Crippen molar-refractivity contribution in [3.63, 3.8) is 0 Å². The van der Waals surface area contributed by atoms with Crippen LogP contribution in [-0.2, 0) is 14.8 Å². The Morgan fingerprint density at radius 2 is 1.79 bits per heavy atom. The summed E-state index contributed by atoms with van der Waals surface area (Å²) in [6.45, 7) is 4.92. The monoisotopic (exact) mass is 293 g/mol. The van der Waals surface area contributed by atoms with E-state index in [1.54, 1.807) is 7.11 Å². The molecule has 19 heavy (non-hydrogen) atoms. The lowest BCUT2D eigenvalue weighted by Gasteiger charge is -2.40. The molecule has 5 nitrogen and oxygen atoms in total. The molecule has 0 aromatic carbocycles. The average Bonchev–Trinajstić information content (AvgIpc) is 2.32. The number of aliphatic hydroxyl groups is 1. The molecule has 0 unspecified atom stereocenters. The van der Waals surface area contributed by atoms with Crippen LogP contribution in [0.4, 0.5) is 0 Å². The maximum atomic E-state index is 11.7. The van der Waals surface area contributed by atoms with E-state index < -0.39 is 15.6 Å². The Kier molecular flexibility index (Phi) is 5.79. The van der Waals surface area contributed by atoms with Gasteiger partial charge in [0.25, 0.3) is 0 Å². The van der Waals surface area contributed by atoms with Gasteiger partial charge in [-0.3, -0.25) is 0 Å². The molecule has 0 bridgehead atoms. The summed E-state index contributed by atoms with van der Waals surface area (Å²) < 4.78 is 30.8. The van der Waals surface area contributed by atoms with Crippen LogP contribution in [0.25, 0.3) is 0 Å². The van der Waals surface area contributed by atoms with E-state index in [1.165, 1.54) is 0 Å². The second-order valence-electron chi connectivity index (χ2n) is 6.37. The van der Waals surface area contributed by atoms with Gasteiger partial charge < -0.3 is 9.84 Å². The highest BCUT2D eigenvalue weighted by Gasteiger charge is 2.37. The molecular weight excluding hydrogens is 266 g/mol. The van der Waals surface area contributed by atoms with Gasteiger partial charge in [-0.25, -0.2) is 13.1 Å². The van der Waals surface area contributed by atoms with E-state index in [4.69, 9.17) is 4.74 Å². The first-order valence-corrected chi connectivity index (χ1v) is 8.52. The number of methoxy groups -OCH3 is 1. The summed E-state index contributed by atoms with van der Waals surface area (Å²) in [5, 5.41) is 10.4. The number of sulfonamides is 1. The highest BCUT2D eigenvalue weighted by atomic mass is 32.2. The van der Waals surface area contributed by atoms with E-state index in [9.17, 15) is 13.5 Å². The zero-order chi connectivity index (χ0) is 14.6. The van der Waals surface area contributed by atoms with Crippen LogP contribution in [0.3, 0.4) is 0 Å². The van der Waals surface area contributed by atoms with E-state index >= 15 is 0 Å². The van der Waals surface area contributed by atoms with Crippen molar-refractivity contribution >= 4 is 10.0 Å². The molecule has 0 saturated heterocycles. The molecule has 6 heteroatoms. The van der Waals surface area contributed by atoms with Gasteiger partial charge in [-0.05, 0) is 37.5 Å². The second-order valence-corrected chi connectivity index (χ2v) is 8.30. The molecule has 0 aliphatic heterocycles. The summed E-state index contributed by atoms with van der Waals surface area (Å²) in [7, 11) is -1.76.